The highest BCUT2D eigenvalue weighted by atomic mass is 35.5. The molecule has 0 unspecified atom stereocenters. The Balaban J connectivity index is 2.51. The normalized spacial score (nSPS) is 10.6. The molecule has 2 nitrogen and oxygen atoms in total. The average molecular weight is 307 g/mol. The molecule has 0 saturated carbocycles. The van der Waals surface area contributed by atoms with E-state index in [9.17, 15) is 9.18 Å². The molecule has 2 aromatic carbocycles. The summed E-state index contributed by atoms with van der Waals surface area (Å²) in [5, 5.41) is 0.403. The zero-order valence-corrected chi connectivity index (χ0v) is 13.1. The highest BCUT2D eigenvalue weighted by molar-refractivity contribution is 6.30. The molecule has 0 fully saturated rings. The number of ether oxygens (including phenoxy) is 1. The summed E-state index contributed by atoms with van der Waals surface area (Å²) in [7, 11) is 0. The van der Waals surface area contributed by atoms with E-state index >= 15 is 0 Å². The van der Waals surface area contributed by atoms with Crippen LogP contribution in [0.25, 0.3) is 0 Å². The number of hydrogen-bond donors (Lipinski definition) is 0. The minimum absolute atomic E-state index is 0.0433. The molecule has 21 heavy (non-hydrogen) atoms. The van der Waals surface area contributed by atoms with Gasteiger partial charge in [0, 0.05) is 22.2 Å². The van der Waals surface area contributed by atoms with Crippen LogP contribution >= 0.6 is 11.6 Å². The highest BCUT2D eigenvalue weighted by Crippen LogP contribution is 2.33. The molecule has 0 heterocycles. The van der Waals surface area contributed by atoms with Gasteiger partial charge in [0.2, 0.25) is 0 Å². The molecule has 2 aromatic rings. The van der Waals surface area contributed by atoms with Crippen molar-refractivity contribution in [2.24, 2.45) is 0 Å². The standard InChI is InChI=1S/C17H16ClFO2/c1-9-5-6-14(11(3)16(9)12(4)20)21-15-8-13(18)7-10(2)17(15)19/h5-8H,1-4H3. The Morgan fingerprint density at radius 2 is 1.76 bits per heavy atom. The number of Topliss-reactive ketones (excluding diaryl/α,β-unsaturated/α-hetero) is 1. The van der Waals surface area contributed by atoms with Crippen molar-refractivity contribution in [3.63, 3.8) is 0 Å². The largest absolute Gasteiger partial charge is 0.454 e. The lowest BCUT2D eigenvalue weighted by atomic mass is 9.99. The van der Waals surface area contributed by atoms with Gasteiger partial charge in [0.1, 0.15) is 5.75 Å². The minimum Gasteiger partial charge on any atom is -0.454 e. The number of aryl methyl sites for hydroxylation is 2. The van der Waals surface area contributed by atoms with Gasteiger partial charge in [-0.3, -0.25) is 4.79 Å². The van der Waals surface area contributed by atoms with Crippen LogP contribution in [0.1, 0.15) is 34.0 Å². The monoisotopic (exact) mass is 306 g/mol. The second-order valence-electron chi connectivity index (χ2n) is 5.07. The van der Waals surface area contributed by atoms with Gasteiger partial charge >= 0.3 is 0 Å². The van der Waals surface area contributed by atoms with Gasteiger partial charge in [0.25, 0.3) is 0 Å². The maximum Gasteiger partial charge on any atom is 0.168 e. The molecule has 0 saturated heterocycles. The quantitative estimate of drug-likeness (QED) is 0.710. The summed E-state index contributed by atoms with van der Waals surface area (Å²) in [4.78, 5) is 11.7. The summed E-state index contributed by atoms with van der Waals surface area (Å²) in [6, 6.07) is 6.48. The van der Waals surface area contributed by atoms with Gasteiger partial charge in [-0.05, 0) is 51.0 Å². The number of halogens is 2. The Kier molecular flexibility index (Phi) is 4.33. The number of carbonyl (C=O) groups excluding carboxylic acids is 1. The Morgan fingerprint density at radius 3 is 2.38 bits per heavy atom. The lowest BCUT2D eigenvalue weighted by molar-refractivity contribution is 0.101. The van der Waals surface area contributed by atoms with E-state index in [4.69, 9.17) is 16.3 Å². The van der Waals surface area contributed by atoms with E-state index in [0.717, 1.165) is 5.56 Å². The summed E-state index contributed by atoms with van der Waals surface area (Å²) in [6.45, 7) is 6.77. The molecule has 2 rings (SSSR count). The molecule has 0 aliphatic rings. The van der Waals surface area contributed by atoms with Crippen molar-refractivity contribution < 1.29 is 13.9 Å². The van der Waals surface area contributed by atoms with Crippen molar-refractivity contribution >= 4 is 17.4 Å². The fourth-order valence-electron chi connectivity index (χ4n) is 2.37. The summed E-state index contributed by atoms with van der Waals surface area (Å²) < 4.78 is 19.7. The Morgan fingerprint density at radius 1 is 1.10 bits per heavy atom. The van der Waals surface area contributed by atoms with Crippen molar-refractivity contribution in [2.45, 2.75) is 27.7 Å². The van der Waals surface area contributed by atoms with Crippen molar-refractivity contribution in [3.05, 3.63) is 57.4 Å². The van der Waals surface area contributed by atoms with Crippen LogP contribution in [0.3, 0.4) is 0 Å². The van der Waals surface area contributed by atoms with Crippen LogP contribution in [0.4, 0.5) is 4.39 Å². The number of rotatable bonds is 3. The third kappa shape index (κ3) is 3.08. The van der Waals surface area contributed by atoms with Crippen LogP contribution in [-0.2, 0) is 0 Å². The van der Waals surface area contributed by atoms with Crippen LogP contribution in [0, 0.1) is 26.6 Å². The van der Waals surface area contributed by atoms with Crippen LogP contribution in [0.5, 0.6) is 11.5 Å². The first kappa shape index (κ1) is 15.5. The Bertz CT molecular complexity index is 723. The van der Waals surface area contributed by atoms with E-state index in [1.807, 2.05) is 6.92 Å². The highest BCUT2D eigenvalue weighted by Gasteiger charge is 2.15. The maximum absolute atomic E-state index is 14.1. The van der Waals surface area contributed by atoms with E-state index in [2.05, 4.69) is 0 Å². The Labute approximate surface area is 128 Å². The summed E-state index contributed by atoms with van der Waals surface area (Å²) in [5.41, 5.74) is 2.58. The van der Waals surface area contributed by atoms with Crippen molar-refractivity contribution in [1.29, 1.82) is 0 Å². The second-order valence-corrected chi connectivity index (χ2v) is 5.51. The zero-order chi connectivity index (χ0) is 15.7. The molecule has 0 aromatic heterocycles. The molecule has 0 aliphatic carbocycles. The second kappa shape index (κ2) is 5.86. The fourth-order valence-corrected chi connectivity index (χ4v) is 2.63. The predicted octanol–water partition coefficient (Wildman–Crippen LogP) is 5.40. The summed E-state index contributed by atoms with van der Waals surface area (Å²) in [5.74, 6) is 0.00904. The first-order chi connectivity index (χ1) is 9.81. The average Bonchev–Trinajstić information content (AvgIpc) is 2.38. The number of benzene rings is 2. The number of carbonyl (C=O) groups is 1. The van der Waals surface area contributed by atoms with Crippen LogP contribution in [0.2, 0.25) is 5.02 Å². The van der Waals surface area contributed by atoms with Gasteiger partial charge in [-0.15, -0.1) is 0 Å². The molecule has 0 spiro atoms. The van der Waals surface area contributed by atoms with Crippen molar-refractivity contribution in [1.82, 2.24) is 0 Å². The first-order valence-corrected chi connectivity index (χ1v) is 6.93. The van der Waals surface area contributed by atoms with E-state index < -0.39 is 5.82 Å². The summed E-state index contributed by atoms with van der Waals surface area (Å²) >= 11 is 5.93. The first-order valence-electron chi connectivity index (χ1n) is 6.56. The molecular formula is C17H16ClFO2. The van der Waals surface area contributed by atoms with Gasteiger partial charge in [0.15, 0.2) is 17.3 Å². The minimum atomic E-state index is -0.455. The van der Waals surface area contributed by atoms with Gasteiger partial charge < -0.3 is 4.74 Å². The lowest BCUT2D eigenvalue weighted by Crippen LogP contribution is -2.02. The lowest BCUT2D eigenvalue weighted by Gasteiger charge is -2.14. The molecule has 110 valence electrons. The van der Waals surface area contributed by atoms with Gasteiger partial charge in [-0.2, -0.15) is 0 Å². The van der Waals surface area contributed by atoms with Gasteiger partial charge in [-0.1, -0.05) is 17.7 Å². The molecular weight excluding hydrogens is 291 g/mol. The Hall–Kier alpha value is -1.87. The smallest absolute Gasteiger partial charge is 0.168 e. The van der Waals surface area contributed by atoms with Crippen LogP contribution in [-0.4, -0.2) is 5.78 Å². The third-order valence-corrected chi connectivity index (χ3v) is 3.60. The number of hydrogen-bond acceptors (Lipinski definition) is 2. The molecule has 0 amide bonds. The van der Waals surface area contributed by atoms with Crippen molar-refractivity contribution in [3.8, 4) is 11.5 Å². The van der Waals surface area contributed by atoms with E-state index in [0.29, 0.717) is 27.5 Å². The van der Waals surface area contributed by atoms with Gasteiger partial charge in [-0.25, -0.2) is 4.39 Å². The van der Waals surface area contributed by atoms with E-state index in [1.165, 1.54) is 19.1 Å². The van der Waals surface area contributed by atoms with E-state index in [1.54, 1.807) is 26.0 Å². The van der Waals surface area contributed by atoms with Crippen molar-refractivity contribution in [2.75, 3.05) is 0 Å². The molecule has 0 atom stereocenters. The van der Waals surface area contributed by atoms with Crippen LogP contribution in [0.15, 0.2) is 24.3 Å². The molecule has 0 N–H and O–H groups in total. The van der Waals surface area contributed by atoms with Crippen LogP contribution < -0.4 is 4.74 Å². The predicted molar refractivity (Wildman–Crippen MR) is 82.1 cm³/mol. The van der Waals surface area contributed by atoms with Gasteiger partial charge in [0.05, 0.1) is 0 Å². The summed E-state index contributed by atoms with van der Waals surface area (Å²) in [6.07, 6.45) is 0. The SMILES string of the molecule is CC(=O)c1c(C)ccc(Oc2cc(Cl)cc(C)c2F)c1C. The maximum atomic E-state index is 14.1. The topological polar surface area (TPSA) is 26.3 Å². The molecule has 0 bridgehead atoms. The zero-order valence-electron chi connectivity index (χ0n) is 12.4. The third-order valence-electron chi connectivity index (χ3n) is 3.38. The number of ketones is 1. The molecule has 0 radical (unpaired) electrons. The van der Waals surface area contributed by atoms with E-state index in [-0.39, 0.29) is 11.5 Å². The molecule has 0 aliphatic heterocycles. The fraction of sp³-hybridized carbons (Fsp3) is 0.235. The molecule has 4 heteroatoms.